The van der Waals surface area contributed by atoms with Gasteiger partial charge in [0.25, 0.3) is 0 Å². The number of hydrogen-bond donors (Lipinski definition) is 2. The number of aliphatic hydroxyl groups is 1. The molecular formula is C19H26F3NO5. The second-order valence-corrected chi connectivity index (χ2v) is 7.80. The summed E-state index contributed by atoms with van der Waals surface area (Å²) in [6, 6.07) is -0.580. The molecule has 8 atom stereocenters. The molecule has 2 N–H and O–H groups in total. The third-order valence-electron chi connectivity index (χ3n) is 5.70. The van der Waals surface area contributed by atoms with E-state index in [1.807, 2.05) is 0 Å². The van der Waals surface area contributed by atoms with Gasteiger partial charge in [0.05, 0.1) is 24.4 Å². The van der Waals surface area contributed by atoms with Gasteiger partial charge >= 0.3 is 6.18 Å². The molecule has 2 saturated heterocycles. The quantitative estimate of drug-likeness (QED) is 0.747. The van der Waals surface area contributed by atoms with E-state index in [1.165, 1.54) is 6.92 Å². The highest BCUT2D eigenvalue weighted by Crippen LogP contribution is 2.39. The first-order valence-corrected chi connectivity index (χ1v) is 9.32. The average Bonchev–Trinajstić information content (AvgIpc) is 3.03. The summed E-state index contributed by atoms with van der Waals surface area (Å²) in [5.41, 5.74) is 1.32. The van der Waals surface area contributed by atoms with E-state index in [2.05, 4.69) is 18.5 Å². The molecule has 28 heavy (non-hydrogen) atoms. The Bertz CT molecular complexity index is 652. The standard InChI is InChI=1S/C19H26F3NO5/c1-8-5-12(17(25)10(3)24)6-13(9(8)2)27-15-7-14-16(11(4)26-15)23-18(28-14)19(20,21)22/h11-18,23,25H,1-2,5-7H2,3-4H3/t11?,12?,13-,14?,15?,16?,17-,18?/m0/s1. The summed E-state index contributed by atoms with van der Waals surface area (Å²) in [6.07, 6.45) is -9.29. The number of fused-ring (bicyclic) bond motifs is 1. The lowest BCUT2D eigenvalue weighted by atomic mass is 9.78. The minimum atomic E-state index is -4.50. The van der Waals surface area contributed by atoms with Crippen molar-refractivity contribution in [2.24, 2.45) is 5.92 Å². The molecule has 0 radical (unpaired) electrons. The Balaban J connectivity index is 1.65. The van der Waals surface area contributed by atoms with Gasteiger partial charge in [-0.25, -0.2) is 0 Å². The summed E-state index contributed by atoms with van der Waals surface area (Å²) in [7, 11) is 0. The van der Waals surface area contributed by atoms with E-state index < -0.39 is 49.2 Å². The number of carbonyl (C=O) groups excluding carboxylic acids is 1. The van der Waals surface area contributed by atoms with Crippen molar-refractivity contribution >= 4 is 5.78 Å². The maximum Gasteiger partial charge on any atom is 0.428 e. The lowest BCUT2D eigenvalue weighted by Gasteiger charge is -2.40. The number of nitrogens with one attached hydrogen (secondary N) is 1. The topological polar surface area (TPSA) is 77.0 Å². The lowest BCUT2D eigenvalue weighted by Crippen LogP contribution is -2.52. The summed E-state index contributed by atoms with van der Waals surface area (Å²) in [4.78, 5) is 11.5. The SMILES string of the molecule is C=C1CC([C@@H](O)C(C)=O)C[C@H](OC2CC3OC(C(F)(F)F)NC3C(C)O2)C1=C. The summed E-state index contributed by atoms with van der Waals surface area (Å²) in [5, 5.41) is 12.5. The van der Waals surface area contributed by atoms with Crippen LogP contribution in [-0.2, 0) is 19.0 Å². The first kappa shape index (κ1) is 21.4. The molecule has 0 aromatic rings. The van der Waals surface area contributed by atoms with Gasteiger partial charge in [-0.15, -0.1) is 0 Å². The number of carbonyl (C=O) groups is 1. The zero-order chi connectivity index (χ0) is 20.8. The molecule has 6 unspecified atom stereocenters. The summed E-state index contributed by atoms with van der Waals surface area (Å²) >= 11 is 0. The van der Waals surface area contributed by atoms with Crippen LogP contribution in [0.5, 0.6) is 0 Å². The fraction of sp³-hybridized carbons (Fsp3) is 0.737. The first-order chi connectivity index (χ1) is 13.0. The maximum absolute atomic E-state index is 12.9. The predicted octanol–water partition coefficient (Wildman–Crippen LogP) is 2.22. The van der Waals surface area contributed by atoms with Gasteiger partial charge in [-0.2, -0.15) is 13.2 Å². The Morgan fingerprint density at radius 2 is 2.00 bits per heavy atom. The van der Waals surface area contributed by atoms with Crippen LogP contribution < -0.4 is 5.32 Å². The van der Waals surface area contributed by atoms with Crippen molar-refractivity contribution in [2.45, 2.75) is 82.3 Å². The number of Topliss-reactive ketones (excluding diaryl/α,β-unsaturated/α-hetero) is 1. The number of ether oxygens (including phenoxy) is 3. The van der Waals surface area contributed by atoms with E-state index in [0.29, 0.717) is 24.0 Å². The summed E-state index contributed by atoms with van der Waals surface area (Å²) in [6.45, 7) is 10.9. The van der Waals surface area contributed by atoms with Crippen LogP contribution in [0.25, 0.3) is 0 Å². The Morgan fingerprint density at radius 3 is 2.61 bits per heavy atom. The minimum Gasteiger partial charge on any atom is -0.385 e. The molecule has 0 amide bonds. The van der Waals surface area contributed by atoms with Crippen molar-refractivity contribution in [1.29, 1.82) is 0 Å². The third-order valence-corrected chi connectivity index (χ3v) is 5.70. The van der Waals surface area contributed by atoms with Crippen LogP contribution >= 0.6 is 0 Å². The van der Waals surface area contributed by atoms with E-state index >= 15 is 0 Å². The summed E-state index contributed by atoms with van der Waals surface area (Å²) in [5.74, 6) is -0.689. The van der Waals surface area contributed by atoms with Crippen molar-refractivity contribution in [1.82, 2.24) is 5.32 Å². The Morgan fingerprint density at radius 1 is 1.32 bits per heavy atom. The van der Waals surface area contributed by atoms with Crippen LogP contribution in [0.15, 0.2) is 24.3 Å². The molecule has 3 aliphatic rings. The Hall–Kier alpha value is -1.26. The van der Waals surface area contributed by atoms with Crippen molar-refractivity contribution in [3.63, 3.8) is 0 Å². The monoisotopic (exact) mass is 405 g/mol. The minimum absolute atomic E-state index is 0.130. The molecule has 0 aromatic heterocycles. The number of alkyl halides is 3. The van der Waals surface area contributed by atoms with Gasteiger partial charge in [0.1, 0.15) is 6.10 Å². The first-order valence-electron chi connectivity index (χ1n) is 9.32. The molecule has 2 aliphatic heterocycles. The molecule has 0 spiro atoms. The molecule has 9 heteroatoms. The Labute approximate surface area is 161 Å². The van der Waals surface area contributed by atoms with Gasteiger partial charge < -0.3 is 19.3 Å². The zero-order valence-electron chi connectivity index (χ0n) is 15.9. The fourth-order valence-corrected chi connectivity index (χ4v) is 4.12. The van der Waals surface area contributed by atoms with Crippen molar-refractivity contribution in [3.8, 4) is 0 Å². The molecule has 3 fully saturated rings. The van der Waals surface area contributed by atoms with Gasteiger partial charge in [-0.3, -0.25) is 10.1 Å². The summed E-state index contributed by atoms with van der Waals surface area (Å²) < 4.78 is 55.7. The number of rotatable bonds is 4. The van der Waals surface area contributed by atoms with E-state index in [-0.39, 0.29) is 18.1 Å². The number of ketones is 1. The molecular weight excluding hydrogens is 379 g/mol. The van der Waals surface area contributed by atoms with Crippen molar-refractivity contribution in [2.75, 3.05) is 0 Å². The molecule has 2 heterocycles. The predicted molar refractivity (Wildman–Crippen MR) is 93.2 cm³/mol. The van der Waals surface area contributed by atoms with Crippen LogP contribution in [-0.4, -0.2) is 60.0 Å². The van der Waals surface area contributed by atoms with Gasteiger partial charge in [-0.05, 0) is 43.8 Å². The van der Waals surface area contributed by atoms with Crippen LogP contribution in [0.2, 0.25) is 0 Å². The molecule has 1 aliphatic carbocycles. The Kier molecular flexibility index (Phi) is 6.03. The van der Waals surface area contributed by atoms with E-state index in [0.717, 1.165) is 0 Å². The van der Waals surface area contributed by atoms with Crippen LogP contribution in [0.3, 0.4) is 0 Å². The largest absolute Gasteiger partial charge is 0.428 e. The van der Waals surface area contributed by atoms with Crippen LogP contribution in [0.1, 0.15) is 33.1 Å². The number of hydrogen-bond acceptors (Lipinski definition) is 6. The van der Waals surface area contributed by atoms with Gasteiger partial charge in [-0.1, -0.05) is 13.2 Å². The van der Waals surface area contributed by atoms with Crippen molar-refractivity contribution in [3.05, 3.63) is 24.3 Å². The molecule has 1 saturated carbocycles. The van der Waals surface area contributed by atoms with E-state index in [1.54, 1.807) is 6.92 Å². The maximum atomic E-state index is 12.9. The van der Waals surface area contributed by atoms with Gasteiger partial charge in [0.2, 0.25) is 6.23 Å². The van der Waals surface area contributed by atoms with Gasteiger partial charge in [0, 0.05) is 6.42 Å². The molecule has 0 aromatic carbocycles. The molecule has 3 rings (SSSR count). The highest BCUT2D eigenvalue weighted by Gasteiger charge is 2.53. The van der Waals surface area contributed by atoms with Crippen LogP contribution in [0.4, 0.5) is 13.2 Å². The third kappa shape index (κ3) is 4.33. The lowest BCUT2D eigenvalue weighted by molar-refractivity contribution is -0.245. The molecule has 158 valence electrons. The normalized spacial score (nSPS) is 40.3. The number of halogens is 3. The second kappa shape index (κ2) is 7.87. The van der Waals surface area contributed by atoms with Gasteiger partial charge in [0.15, 0.2) is 12.1 Å². The molecule has 0 bridgehead atoms. The highest BCUT2D eigenvalue weighted by atomic mass is 19.4. The number of aliphatic hydroxyl groups excluding tert-OH is 1. The second-order valence-electron chi connectivity index (χ2n) is 7.80. The molecule has 6 nitrogen and oxygen atoms in total. The zero-order valence-corrected chi connectivity index (χ0v) is 15.9. The van der Waals surface area contributed by atoms with Crippen molar-refractivity contribution < 1.29 is 37.3 Å². The fourth-order valence-electron chi connectivity index (χ4n) is 4.12. The highest BCUT2D eigenvalue weighted by molar-refractivity contribution is 5.80. The van der Waals surface area contributed by atoms with E-state index in [9.17, 15) is 23.1 Å². The average molecular weight is 405 g/mol. The van der Waals surface area contributed by atoms with Crippen LogP contribution in [0, 0.1) is 5.92 Å². The van der Waals surface area contributed by atoms with E-state index in [4.69, 9.17) is 14.2 Å². The smallest absolute Gasteiger partial charge is 0.385 e.